The van der Waals surface area contributed by atoms with E-state index in [9.17, 15) is 9.59 Å². The molecule has 0 spiro atoms. The lowest BCUT2D eigenvalue weighted by Crippen LogP contribution is -2.28. The van der Waals surface area contributed by atoms with Gasteiger partial charge in [0.15, 0.2) is 6.61 Å². The first-order chi connectivity index (χ1) is 11.0. The minimum absolute atomic E-state index is 0.0328. The van der Waals surface area contributed by atoms with E-state index < -0.39 is 0 Å². The van der Waals surface area contributed by atoms with Gasteiger partial charge in [0.2, 0.25) is 0 Å². The molecule has 2 aromatic carbocycles. The summed E-state index contributed by atoms with van der Waals surface area (Å²) in [6.07, 6.45) is 0. The summed E-state index contributed by atoms with van der Waals surface area (Å²) in [7, 11) is 0. The number of hydrogen-bond acceptors (Lipinski definition) is 3. The number of amides is 2. The average molecular weight is 422 g/mol. The van der Waals surface area contributed by atoms with Crippen LogP contribution < -0.4 is 15.4 Å². The van der Waals surface area contributed by atoms with Crippen LogP contribution in [-0.4, -0.2) is 18.4 Å². The lowest BCUT2D eigenvalue weighted by atomic mass is 10.1. The van der Waals surface area contributed by atoms with Gasteiger partial charge in [0, 0.05) is 3.57 Å². The molecule has 2 amide bonds. The van der Waals surface area contributed by atoms with E-state index in [1.807, 2.05) is 37.3 Å². The van der Waals surface area contributed by atoms with E-state index in [0.717, 1.165) is 9.13 Å². The fourth-order valence-corrected chi connectivity index (χ4v) is 3.01. The van der Waals surface area contributed by atoms with Crippen molar-refractivity contribution >= 4 is 40.1 Å². The van der Waals surface area contributed by atoms with Crippen LogP contribution in [0, 0.1) is 3.57 Å². The van der Waals surface area contributed by atoms with Crippen molar-refractivity contribution in [3.63, 3.8) is 0 Å². The third kappa shape index (κ3) is 3.47. The van der Waals surface area contributed by atoms with E-state index in [4.69, 9.17) is 4.74 Å². The number of carbonyl (C=O) groups is 2. The Morgan fingerprint density at radius 2 is 2.09 bits per heavy atom. The number of carbonyl (C=O) groups excluding carboxylic acids is 2. The number of hydrogen-bond donors (Lipinski definition) is 2. The normalized spacial score (nSPS) is 14.3. The first-order valence-corrected chi connectivity index (χ1v) is 8.24. The molecule has 2 N–H and O–H groups in total. The Labute approximate surface area is 147 Å². The van der Waals surface area contributed by atoms with Crippen molar-refractivity contribution in [1.82, 2.24) is 5.32 Å². The Hall–Kier alpha value is -2.09. The van der Waals surface area contributed by atoms with E-state index >= 15 is 0 Å². The summed E-state index contributed by atoms with van der Waals surface area (Å²) in [6, 6.07) is 12.8. The largest absolute Gasteiger partial charge is 0.482 e. The van der Waals surface area contributed by atoms with E-state index in [-0.39, 0.29) is 24.5 Å². The molecule has 0 bridgehead atoms. The molecule has 6 heteroatoms. The number of nitrogens with one attached hydrogen (secondary N) is 2. The maximum Gasteiger partial charge on any atom is 0.262 e. The predicted molar refractivity (Wildman–Crippen MR) is 95.6 cm³/mol. The van der Waals surface area contributed by atoms with Crippen molar-refractivity contribution in [1.29, 1.82) is 0 Å². The third-order valence-corrected chi connectivity index (χ3v) is 4.54. The molecule has 0 fully saturated rings. The van der Waals surface area contributed by atoms with Gasteiger partial charge in [-0.15, -0.1) is 0 Å². The SMILES string of the molecule is CC(NC(=O)c1ccccc1I)c1ccc2c(c1)NC(=O)CO2. The van der Waals surface area contributed by atoms with Crippen molar-refractivity contribution in [2.45, 2.75) is 13.0 Å². The number of fused-ring (bicyclic) bond motifs is 1. The minimum Gasteiger partial charge on any atom is -0.482 e. The smallest absolute Gasteiger partial charge is 0.262 e. The second-order valence-corrected chi connectivity index (χ2v) is 6.43. The van der Waals surface area contributed by atoms with Gasteiger partial charge in [0.05, 0.1) is 17.3 Å². The Morgan fingerprint density at radius 1 is 1.30 bits per heavy atom. The fourth-order valence-electron chi connectivity index (χ4n) is 2.37. The van der Waals surface area contributed by atoms with Crippen LogP contribution in [0.25, 0.3) is 0 Å². The van der Waals surface area contributed by atoms with E-state index in [1.54, 1.807) is 12.1 Å². The number of anilines is 1. The molecule has 1 aliphatic rings. The number of rotatable bonds is 3. The highest BCUT2D eigenvalue weighted by Gasteiger charge is 2.19. The van der Waals surface area contributed by atoms with Gasteiger partial charge < -0.3 is 15.4 Å². The monoisotopic (exact) mass is 422 g/mol. The van der Waals surface area contributed by atoms with Gasteiger partial charge in [-0.1, -0.05) is 18.2 Å². The van der Waals surface area contributed by atoms with Crippen LogP contribution in [0.1, 0.15) is 28.9 Å². The zero-order chi connectivity index (χ0) is 16.4. The highest BCUT2D eigenvalue weighted by molar-refractivity contribution is 14.1. The molecule has 1 heterocycles. The molecular formula is C17H15IN2O3. The van der Waals surface area contributed by atoms with E-state index in [2.05, 4.69) is 33.2 Å². The maximum atomic E-state index is 12.4. The molecule has 0 saturated heterocycles. The molecule has 2 aromatic rings. The van der Waals surface area contributed by atoms with Gasteiger partial charge in [-0.05, 0) is 59.3 Å². The Bertz CT molecular complexity index is 776. The number of ether oxygens (including phenoxy) is 1. The summed E-state index contributed by atoms with van der Waals surface area (Å²) in [6.45, 7) is 1.94. The van der Waals surface area contributed by atoms with Crippen LogP contribution >= 0.6 is 22.6 Å². The fraction of sp³-hybridized carbons (Fsp3) is 0.176. The second-order valence-electron chi connectivity index (χ2n) is 5.27. The topological polar surface area (TPSA) is 67.4 Å². The summed E-state index contributed by atoms with van der Waals surface area (Å²) >= 11 is 2.14. The van der Waals surface area contributed by atoms with Crippen molar-refractivity contribution in [2.75, 3.05) is 11.9 Å². The van der Waals surface area contributed by atoms with Crippen LogP contribution in [0.3, 0.4) is 0 Å². The molecule has 0 radical (unpaired) electrons. The Morgan fingerprint density at radius 3 is 2.87 bits per heavy atom. The Kier molecular flexibility index (Phi) is 4.51. The van der Waals surface area contributed by atoms with E-state index in [1.165, 1.54) is 0 Å². The van der Waals surface area contributed by atoms with Gasteiger partial charge in [0.1, 0.15) is 5.75 Å². The van der Waals surface area contributed by atoms with Crippen LogP contribution in [-0.2, 0) is 4.79 Å². The van der Waals surface area contributed by atoms with Crippen LogP contribution in [0.5, 0.6) is 5.75 Å². The van der Waals surface area contributed by atoms with E-state index in [0.29, 0.717) is 17.0 Å². The van der Waals surface area contributed by atoms with Gasteiger partial charge in [-0.3, -0.25) is 9.59 Å². The first-order valence-electron chi connectivity index (χ1n) is 7.16. The molecule has 0 aliphatic carbocycles. The molecule has 1 atom stereocenters. The minimum atomic E-state index is -0.192. The zero-order valence-electron chi connectivity index (χ0n) is 12.4. The number of benzene rings is 2. The van der Waals surface area contributed by atoms with Gasteiger partial charge in [-0.2, -0.15) is 0 Å². The lowest BCUT2D eigenvalue weighted by Gasteiger charge is -2.21. The summed E-state index contributed by atoms with van der Waals surface area (Å²) in [5.41, 5.74) is 2.18. The average Bonchev–Trinajstić information content (AvgIpc) is 2.54. The predicted octanol–water partition coefficient (Wildman–Crippen LogP) is 3.11. The van der Waals surface area contributed by atoms with Crippen molar-refractivity contribution < 1.29 is 14.3 Å². The molecule has 5 nitrogen and oxygen atoms in total. The molecule has 0 aromatic heterocycles. The lowest BCUT2D eigenvalue weighted by molar-refractivity contribution is -0.118. The van der Waals surface area contributed by atoms with Crippen LogP contribution in [0.4, 0.5) is 5.69 Å². The second kappa shape index (κ2) is 6.57. The van der Waals surface area contributed by atoms with Crippen LogP contribution in [0.15, 0.2) is 42.5 Å². The maximum absolute atomic E-state index is 12.4. The quantitative estimate of drug-likeness (QED) is 0.748. The zero-order valence-corrected chi connectivity index (χ0v) is 14.6. The summed E-state index contributed by atoms with van der Waals surface area (Å²) in [5.74, 6) is 0.343. The molecule has 1 aliphatic heterocycles. The highest BCUT2D eigenvalue weighted by atomic mass is 127. The highest BCUT2D eigenvalue weighted by Crippen LogP contribution is 2.30. The van der Waals surface area contributed by atoms with Crippen molar-refractivity contribution in [3.8, 4) is 5.75 Å². The first kappa shape index (κ1) is 15.8. The summed E-state index contributed by atoms with van der Waals surface area (Å²) < 4.78 is 6.24. The van der Waals surface area contributed by atoms with Crippen molar-refractivity contribution in [2.24, 2.45) is 0 Å². The molecule has 23 heavy (non-hydrogen) atoms. The molecular weight excluding hydrogens is 407 g/mol. The molecule has 1 unspecified atom stereocenters. The van der Waals surface area contributed by atoms with Gasteiger partial charge >= 0.3 is 0 Å². The summed E-state index contributed by atoms with van der Waals surface area (Å²) in [5, 5.41) is 5.75. The van der Waals surface area contributed by atoms with Crippen LogP contribution in [0.2, 0.25) is 0 Å². The molecule has 118 valence electrons. The standard InChI is InChI=1S/C17H15IN2O3/c1-10(19-17(22)12-4-2-3-5-13(12)18)11-6-7-15-14(8-11)20-16(21)9-23-15/h2-8,10H,9H2,1H3,(H,19,22)(H,20,21). The molecule has 3 rings (SSSR count). The number of halogens is 1. The van der Waals surface area contributed by atoms with Gasteiger partial charge in [0.25, 0.3) is 11.8 Å². The van der Waals surface area contributed by atoms with Crippen molar-refractivity contribution in [3.05, 3.63) is 57.2 Å². The third-order valence-electron chi connectivity index (χ3n) is 3.60. The molecule has 0 saturated carbocycles. The van der Waals surface area contributed by atoms with Gasteiger partial charge in [-0.25, -0.2) is 0 Å². The summed E-state index contributed by atoms with van der Waals surface area (Å²) in [4.78, 5) is 23.8. The Balaban J connectivity index is 1.77.